The molecule has 0 aliphatic carbocycles. The number of hydrogen-bond acceptors (Lipinski definition) is 5. The summed E-state index contributed by atoms with van der Waals surface area (Å²) in [6.07, 6.45) is 0.0371. The minimum Gasteiger partial charge on any atom is -0.467 e. The van der Waals surface area contributed by atoms with Gasteiger partial charge < -0.3 is 14.7 Å². The summed E-state index contributed by atoms with van der Waals surface area (Å²) < 4.78 is 18.1. The summed E-state index contributed by atoms with van der Waals surface area (Å²) in [7, 11) is 1.24. The Morgan fingerprint density at radius 1 is 1.52 bits per heavy atom. The van der Waals surface area contributed by atoms with Gasteiger partial charge in [-0.3, -0.25) is 0 Å². The van der Waals surface area contributed by atoms with Crippen molar-refractivity contribution in [2.75, 3.05) is 25.1 Å². The number of nitriles is 1. The van der Waals surface area contributed by atoms with Crippen LogP contribution in [-0.4, -0.2) is 37.4 Å². The van der Waals surface area contributed by atoms with Crippen LogP contribution < -0.4 is 4.90 Å². The summed E-state index contributed by atoms with van der Waals surface area (Å²) in [4.78, 5) is 13.2. The number of ether oxygens (including phenoxy) is 1. The number of benzene rings is 1. The van der Waals surface area contributed by atoms with Gasteiger partial charge in [-0.25, -0.2) is 9.18 Å². The fourth-order valence-corrected chi connectivity index (χ4v) is 2.66. The molecule has 1 fully saturated rings. The number of nitrogens with zero attached hydrogens (tertiary/aromatic N) is 2. The van der Waals surface area contributed by atoms with E-state index in [1.54, 1.807) is 12.1 Å². The lowest BCUT2D eigenvalue weighted by Gasteiger charge is -2.35. The summed E-state index contributed by atoms with van der Waals surface area (Å²) in [5.74, 6) is -1.34. The van der Waals surface area contributed by atoms with Crippen molar-refractivity contribution in [3.8, 4) is 6.07 Å². The van der Waals surface area contributed by atoms with Crippen LogP contribution in [0.1, 0.15) is 18.4 Å². The maximum Gasteiger partial charge on any atom is 0.334 e. The van der Waals surface area contributed by atoms with E-state index in [4.69, 9.17) is 5.26 Å². The molecule has 6 heteroatoms. The smallest absolute Gasteiger partial charge is 0.334 e. The Kier molecular flexibility index (Phi) is 4.76. The van der Waals surface area contributed by atoms with Crippen LogP contribution in [0.2, 0.25) is 0 Å². The molecule has 1 atom stereocenters. The maximum atomic E-state index is 13.6. The second-order valence-corrected chi connectivity index (χ2v) is 5.04. The molecule has 1 aromatic carbocycles. The van der Waals surface area contributed by atoms with Crippen LogP contribution in [0.4, 0.5) is 10.1 Å². The highest BCUT2D eigenvalue weighted by Gasteiger charge is 2.31. The van der Waals surface area contributed by atoms with Crippen LogP contribution in [0, 0.1) is 23.1 Å². The van der Waals surface area contributed by atoms with Crippen LogP contribution in [0.15, 0.2) is 18.2 Å². The first-order chi connectivity index (χ1) is 10.1. The molecule has 1 unspecified atom stereocenters. The van der Waals surface area contributed by atoms with Crippen molar-refractivity contribution in [3.05, 3.63) is 29.6 Å². The Bertz CT molecular complexity index is 563. The summed E-state index contributed by atoms with van der Waals surface area (Å²) in [6, 6.07) is 6.42. The quantitative estimate of drug-likeness (QED) is 0.854. The average Bonchev–Trinajstić information content (AvgIpc) is 2.53. The minimum absolute atomic E-state index is 0.0319. The van der Waals surface area contributed by atoms with Crippen molar-refractivity contribution < 1.29 is 19.0 Å². The molecule has 5 nitrogen and oxygen atoms in total. The van der Waals surface area contributed by atoms with Gasteiger partial charge >= 0.3 is 5.97 Å². The highest BCUT2D eigenvalue weighted by molar-refractivity contribution is 5.74. The highest BCUT2D eigenvalue weighted by Crippen LogP contribution is 2.29. The van der Waals surface area contributed by atoms with Gasteiger partial charge in [0.2, 0.25) is 0 Å². The number of halogens is 1. The second-order valence-electron chi connectivity index (χ2n) is 5.04. The third-order valence-corrected chi connectivity index (χ3v) is 3.87. The van der Waals surface area contributed by atoms with Crippen molar-refractivity contribution in [2.45, 2.75) is 18.9 Å². The van der Waals surface area contributed by atoms with Gasteiger partial charge in [0.25, 0.3) is 0 Å². The third-order valence-electron chi connectivity index (χ3n) is 3.87. The van der Waals surface area contributed by atoms with Gasteiger partial charge in [0.1, 0.15) is 17.4 Å². The molecular weight excluding hydrogens is 275 g/mol. The van der Waals surface area contributed by atoms with Crippen LogP contribution in [0.5, 0.6) is 0 Å². The zero-order chi connectivity index (χ0) is 15.4. The summed E-state index contributed by atoms with van der Waals surface area (Å²) in [5, 5.41) is 18.9. The molecule has 0 saturated carbocycles. The lowest BCUT2D eigenvalue weighted by molar-refractivity contribution is -0.153. The monoisotopic (exact) mass is 292 g/mol. The molecule has 112 valence electrons. The zero-order valence-corrected chi connectivity index (χ0v) is 11.8. The number of rotatable bonds is 3. The lowest BCUT2D eigenvalue weighted by Crippen LogP contribution is -2.41. The van der Waals surface area contributed by atoms with Gasteiger partial charge in [-0.2, -0.15) is 5.26 Å². The van der Waals surface area contributed by atoms with Crippen molar-refractivity contribution in [1.82, 2.24) is 0 Å². The molecule has 0 bridgehead atoms. The summed E-state index contributed by atoms with van der Waals surface area (Å²) in [6.45, 7) is 1.10. The number of carbonyl (C=O) groups is 1. The van der Waals surface area contributed by atoms with Gasteiger partial charge in [-0.15, -0.1) is 0 Å². The molecule has 0 spiro atoms. The average molecular weight is 292 g/mol. The lowest BCUT2D eigenvalue weighted by atomic mass is 9.90. The largest absolute Gasteiger partial charge is 0.467 e. The van der Waals surface area contributed by atoms with Gasteiger partial charge in [0.15, 0.2) is 6.10 Å². The maximum absolute atomic E-state index is 13.6. The van der Waals surface area contributed by atoms with E-state index in [-0.39, 0.29) is 11.5 Å². The van der Waals surface area contributed by atoms with E-state index in [1.807, 2.05) is 11.0 Å². The first-order valence-corrected chi connectivity index (χ1v) is 6.78. The van der Waals surface area contributed by atoms with Crippen LogP contribution in [-0.2, 0) is 9.53 Å². The molecule has 0 amide bonds. The number of esters is 1. The fourth-order valence-electron chi connectivity index (χ4n) is 2.66. The normalized spacial score (nSPS) is 17.1. The number of piperidine rings is 1. The summed E-state index contributed by atoms with van der Waals surface area (Å²) in [5.41, 5.74) is 0.591. The first kappa shape index (κ1) is 15.3. The topological polar surface area (TPSA) is 73.6 Å². The van der Waals surface area contributed by atoms with Crippen molar-refractivity contribution in [3.63, 3.8) is 0 Å². The first-order valence-electron chi connectivity index (χ1n) is 6.78. The van der Waals surface area contributed by atoms with Crippen molar-refractivity contribution >= 4 is 11.7 Å². The Balaban J connectivity index is 2.07. The van der Waals surface area contributed by atoms with Gasteiger partial charge in [0.05, 0.1) is 12.8 Å². The zero-order valence-electron chi connectivity index (χ0n) is 11.8. The van der Waals surface area contributed by atoms with Gasteiger partial charge in [0, 0.05) is 13.1 Å². The predicted molar refractivity (Wildman–Crippen MR) is 74.1 cm³/mol. The van der Waals surface area contributed by atoms with Crippen molar-refractivity contribution in [1.29, 1.82) is 5.26 Å². The molecule has 1 aliphatic heterocycles. The van der Waals surface area contributed by atoms with E-state index in [0.717, 1.165) is 0 Å². The van der Waals surface area contributed by atoms with E-state index in [1.165, 1.54) is 13.2 Å². The Morgan fingerprint density at radius 2 is 2.19 bits per heavy atom. The Labute approximate surface area is 122 Å². The number of carbonyl (C=O) groups excluding carboxylic acids is 1. The SMILES string of the molecule is COC(=O)C(O)C1CCN(c2cccc(F)c2C#N)CC1. The molecule has 2 rings (SSSR count). The number of hydrogen-bond donors (Lipinski definition) is 1. The van der Waals surface area contributed by atoms with Crippen LogP contribution in [0.3, 0.4) is 0 Å². The molecule has 1 heterocycles. The van der Waals surface area contributed by atoms with Gasteiger partial charge in [-0.1, -0.05) is 6.07 Å². The number of methoxy groups -OCH3 is 1. The van der Waals surface area contributed by atoms with E-state index in [0.29, 0.717) is 31.6 Å². The molecule has 1 N–H and O–H groups in total. The fraction of sp³-hybridized carbons (Fsp3) is 0.467. The Morgan fingerprint density at radius 3 is 2.76 bits per heavy atom. The van der Waals surface area contributed by atoms with E-state index >= 15 is 0 Å². The van der Waals surface area contributed by atoms with Crippen LogP contribution in [0.25, 0.3) is 0 Å². The molecule has 1 aliphatic rings. The molecule has 0 aromatic heterocycles. The standard InChI is InChI=1S/C15H17FN2O3/c1-21-15(20)14(19)10-5-7-18(8-6-10)13-4-2-3-12(16)11(13)9-17/h2-4,10,14,19H,5-8H2,1H3. The minimum atomic E-state index is -1.12. The Hall–Kier alpha value is -2.13. The summed E-state index contributed by atoms with van der Waals surface area (Å²) >= 11 is 0. The number of aliphatic hydroxyl groups excluding tert-OH is 1. The molecule has 21 heavy (non-hydrogen) atoms. The molecule has 0 radical (unpaired) electrons. The number of aliphatic hydroxyl groups is 1. The predicted octanol–water partition coefficient (Wildman–Crippen LogP) is 1.45. The number of anilines is 1. The van der Waals surface area contributed by atoms with Crippen molar-refractivity contribution in [2.24, 2.45) is 5.92 Å². The molecular formula is C15H17FN2O3. The molecule has 1 aromatic rings. The van der Waals surface area contributed by atoms with Crippen LogP contribution >= 0.6 is 0 Å². The third kappa shape index (κ3) is 3.14. The molecule has 1 saturated heterocycles. The van der Waals surface area contributed by atoms with E-state index in [9.17, 15) is 14.3 Å². The highest BCUT2D eigenvalue weighted by atomic mass is 19.1. The van der Waals surface area contributed by atoms with Gasteiger partial charge in [-0.05, 0) is 30.9 Å². The van der Waals surface area contributed by atoms with E-state index < -0.39 is 17.9 Å². The second kappa shape index (κ2) is 6.55. The van der Waals surface area contributed by atoms with E-state index in [2.05, 4.69) is 4.74 Å².